The van der Waals surface area contributed by atoms with Crippen LogP contribution in [0.3, 0.4) is 0 Å². The third-order valence-corrected chi connectivity index (χ3v) is 6.00. The first-order valence-electron chi connectivity index (χ1n) is 10.3. The second kappa shape index (κ2) is 12.8. The summed E-state index contributed by atoms with van der Waals surface area (Å²) in [6.45, 7) is 4.21. The Balaban J connectivity index is 0.00000385. The van der Waals surface area contributed by atoms with Gasteiger partial charge in [-0.3, -0.25) is 0 Å². The molecule has 0 spiro atoms. The van der Waals surface area contributed by atoms with Crippen LogP contribution in [0.1, 0.15) is 23.6 Å². The van der Waals surface area contributed by atoms with Crippen molar-refractivity contribution in [1.29, 1.82) is 0 Å². The van der Waals surface area contributed by atoms with Gasteiger partial charge in [-0.1, -0.05) is 48.0 Å². The second-order valence-corrected chi connectivity index (χ2v) is 9.21. The first kappa shape index (κ1) is 27.0. The fraction of sp³-hybridized carbons (Fsp3) is 0.250. The van der Waals surface area contributed by atoms with Gasteiger partial charge in [-0.2, -0.15) is 0 Å². The van der Waals surface area contributed by atoms with Crippen LogP contribution in [0, 0.1) is 0 Å². The molecule has 0 unspecified atom stereocenters. The normalized spacial score (nSPS) is 11.0. The molecule has 0 amide bonds. The highest BCUT2D eigenvalue weighted by Gasteiger charge is 2.12. The van der Waals surface area contributed by atoms with E-state index in [-0.39, 0.29) is 17.3 Å². The number of benzene rings is 3. The summed E-state index contributed by atoms with van der Waals surface area (Å²) in [5.41, 5.74) is 3.03. The lowest BCUT2D eigenvalue weighted by atomic mass is 10.1. The van der Waals surface area contributed by atoms with E-state index in [1.54, 1.807) is 12.1 Å². The topological polar surface area (TPSA) is 90.6 Å². The maximum atomic E-state index is 11.4. The fourth-order valence-corrected chi connectivity index (χ4v) is 3.81. The van der Waals surface area contributed by atoms with Crippen molar-refractivity contribution >= 4 is 34.0 Å². The number of para-hydroxylation sites is 1. The maximum absolute atomic E-state index is 11.4. The first-order valence-corrected chi connectivity index (χ1v) is 12.2. The summed E-state index contributed by atoms with van der Waals surface area (Å²) in [6, 6.07) is 20.0. The molecule has 0 saturated heterocycles. The van der Waals surface area contributed by atoms with Crippen molar-refractivity contribution in [3.05, 3.63) is 88.4 Å². The van der Waals surface area contributed by atoms with E-state index in [0.29, 0.717) is 42.8 Å². The number of nitrogens with two attached hydrogens (primary N) is 1. The van der Waals surface area contributed by atoms with Gasteiger partial charge in [0.15, 0.2) is 11.5 Å². The van der Waals surface area contributed by atoms with E-state index in [0.717, 1.165) is 23.1 Å². The standard InChI is InChI=1S/C24H27ClN2O4S.ClH/c1-2-30-23-5-3-4-20(24(23)31-17-19-6-10-21(25)11-7-19)16-27-15-14-18-8-12-22(13-9-18)32(26,28)29;/h3-13,27H,2,14-17H2,1H3,(H2,26,28,29);1H. The predicted molar refractivity (Wildman–Crippen MR) is 134 cm³/mol. The lowest BCUT2D eigenvalue weighted by molar-refractivity contribution is 0.266. The lowest BCUT2D eigenvalue weighted by Crippen LogP contribution is -2.18. The van der Waals surface area contributed by atoms with Crippen LogP contribution < -0.4 is 19.9 Å². The molecule has 178 valence electrons. The molecule has 0 aliphatic rings. The van der Waals surface area contributed by atoms with Gasteiger partial charge < -0.3 is 14.8 Å². The average Bonchev–Trinajstić information content (AvgIpc) is 2.77. The Kier molecular flexibility index (Phi) is 10.5. The van der Waals surface area contributed by atoms with E-state index in [9.17, 15) is 8.42 Å². The van der Waals surface area contributed by atoms with Crippen molar-refractivity contribution in [2.75, 3.05) is 13.2 Å². The van der Waals surface area contributed by atoms with E-state index in [1.807, 2.05) is 49.4 Å². The van der Waals surface area contributed by atoms with Gasteiger partial charge in [-0.25, -0.2) is 13.6 Å². The number of sulfonamides is 1. The fourth-order valence-electron chi connectivity index (χ4n) is 3.17. The molecule has 0 aliphatic heterocycles. The molecule has 3 rings (SSSR count). The zero-order valence-electron chi connectivity index (χ0n) is 18.3. The number of rotatable bonds is 11. The minimum absolute atomic E-state index is 0. The highest BCUT2D eigenvalue weighted by atomic mass is 35.5. The van der Waals surface area contributed by atoms with Gasteiger partial charge >= 0.3 is 0 Å². The molecular weight excluding hydrogens is 483 g/mol. The van der Waals surface area contributed by atoms with E-state index in [1.165, 1.54) is 12.1 Å². The molecule has 33 heavy (non-hydrogen) atoms. The van der Waals surface area contributed by atoms with Crippen molar-refractivity contribution in [2.45, 2.75) is 31.4 Å². The van der Waals surface area contributed by atoms with Gasteiger partial charge in [0, 0.05) is 17.1 Å². The molecule has 6 nitrogen and oxygen atoms in total. The number of nitrogens with one attached hydrogen (secondary N) is 1. The molecular formula is C24H28Cl2N2O4S. The molecule has 9 heteroatoms. The second-order valence-electron chi connectivity index (χ2n) is 7.21. The molecule has 3 aromatic rings. The van der Waals surface area contributed by atoms with Crippen LogP contribution in [0.2, 0.25) is 5.02 Å². The summed E-state index contributed by atoms with van der Waals surface area (Å²) in [4.78, 5) is 0.115. The van der Waals surface area contributed by atoms with Crippen LogP contribution >= 0.6 is 24.0 Å². The molecule has 0 heterocycles. The highest BCUT2D eigenvalue weighted by molar-refractivity contribution is 7.89. The van der Waals surface area contributed by atoms with Crippen LogP contribution in [0.4, 0.5) is 0 Å². The van der Waals surface area contributed by atoms with Crippen LogP contribution in [-0.2, 0) is 29.6 Å². The Bertz CT molecular complexity index is 1120. The molecule has 3 N–H and O–H groups in total. The summed E-state index contributed by atoms with van der Waals surface area (Å²) in [6.07, 6.45) is 0.747. The molecule has 0 saturated carbocycles. The Morgan fingerprint density at radius 1 is 0.939 bits per heavy atom. The van der Waals surface area contributed by atoms with Gasteiger partial charge in [0.25, 0.3) is 0 Å². The molecule has 3 aromatic carbocycles. The van der Waals surface area contributed by atoms with E-state index >= 15 is 0 Å². The van der Waals surface area contributed by atoms with E-state index in [2.05, 4.69) is 5.32 Å². The zero-order chi connectivity index (χ0) is 23.0. The van der Waals surface area contributed by atoms with E-state index < -0.39 is 10.0 Å². The SMILES string of the molecule is CCOc1cccc(CNCCc2ccc(S(N)(=O)=O)cc2)c1OCc1ccc(Cl)cc1.Cl. The smallest absolute Gasteiger partial charge is 0.238 e. The number of halogens is 2. The summed E-state index contributed by atoms with van der Waals surface area (Å²) < 4.78 is 34.6. The lowest BCUT2D eigenvalue weighted by Gasteiger charge is -2.16. The quantitative estimate of drug-likeness (QED) is 0.364. The minimum Gasteiger partial charge on any atom is -0.490 e. The van der Waals surface area contributed by atoms with Gasteiger partial charge in [0.1, 0.15) is 6.61 Å². The van der Waals surface area contributed by atoms with Gasteiger partial charge in [-0.15, -0.1) is 12.4 Å². The third-order valence-electron chi connectivity index (χ3n) is 4.81. The van der Waals surface area contributed by atoms with Gasteiger partial charge in [0.2, 0.25) is 10.0 Å². The Morgan fingerprint density at radius 2 is 1.61 bits per heavy atom. The Hall–Kier alpha value is -2.29. The Labute approximate surface area is 206 Å². The summed E-state index contributed by atoms with van der Waals surface area (Å²) >= 11 is 5.96. The van der Waals surface area contributed by atoms with Crippen molar-refractivity contribution in [2.24, 2.45) is 5.14 Å². The Morgan fingerprint density at radius 3 is 2.24 bits per heavy atom. The molecule has 0 bridgehead atoms. The van der Waals surface area contributed by atoms with Gasteiger partial charge in [-0.05, 0) is 61.3 Å². The average molecular weight is 511 g/mol. The van der Waals surface area contributed by atoms with Crippen molar-refractivity contribution in [3.8, 4) is 11.5 Å². The predicted octanol–water partition coefficient (Wildman–Crippen LogP) is 4.72. The molecule has 0 fully saturated rings. The number of ether oxygens (including phenoxy) is 2. The van der Waals surface area contributed by atoms with Crippen molar-refractivity contribution in [3.63, 3.8) is 0 Å². The highest BCUT2D eigenvalue weighted by Crippen LogP contribution is 2.32. The summed E-state index contributed by atoms with van der Waals surface area (Å²) in [5.74, 6) is 1.42. The zero-order valence-corrected chi connectivity index (χ0v) is 20.7. The van der Waals surface area contributed by atoms with Gasteiger partial charge in [0.05, 0.1) is 11.5 Å². The largest absolute Gasteiger partial charge is 0.490 e. The van der Waals surface area contributed by atoms with Crippen LogP contribution in [0.25, 0.3) is 0 Å². The van der Waals surface area contributed by atoms with Crippen LogP contribution in [0.15, 0.2) is 71.6 Å². The number of hydrogen-bond donors (Lipinski definition) is 2. The molecule has 0 atom stereocenters. The van der Waals surface area contributed by atoms with Crippen molar-refractivity contribution < 1.29 is 17.9 Å². The number of hydrogen-bond acceptors (Lipinski definition) is 5. The molecule has 0 radical (unpaired) electrons. The minimum atomic E-state index is -3.67. The monoisotopic (exact) mass is 510 g/mol. The molecule has 0 aliphatic carbocycles. The maximum Gasteiger partial charge on any atom is 0.238 e. The third kappa shape index (κ3) is 8.21. The van der Waals surface area contributed by atoms with Crippen molar-refractivity contribution in [1.82, 2.24) is 5.32 Å². The molecule has 0 aromatic heterocycles. The summed E-state index contributed by atoms with van der Waals surface area (Å²) in [5, 5.41) is 9.24. The van der Waals surface area contributed by atoms with Crippen LogP contribution in [-0.4, -0.2) is 21.6 Å². The van der Waals surface area contributed by atoms with E-state index in [4.69, 9.17) is 26.2 Å². The number of primary sulfonamides is 1. The summed E-state index contributed by atoms with van der Waals surface area (Å²) in [7, 11) is -3.67. The first-order chi connectivity index (χ1) is 15.4. The van der Waals surface area contributed by atoms with Crippen LogP contribution in [0.5, 0.6) is 11.5 Å².